The molecular formula is C19H23N3O7S2. The molecule has 31 heavy (non-hydrogen) atoms. The summed E-state index contributed by atoms with van der Waals surface area (Å²) in [5.41, 5.74) is 0.418. The normalized spacial score (nSPS) is 10.8. The Kier molecular flexibility index (Phi) is 8.82. The maximum atomic E-state index is 12.5. The van der Waals surface area contributed by atoms with Crippen LogP contribution in [0.1, 0.15) is 13.3 Å². The number of thiophene rings is 1. The van der Waals surface area contributed by atoms with E-state index >= 15 is 0 Å². The fraction of sp³-hybridized carbons (Fsp3) is 0.316. The molecule has 10 nitrogen and oxygen atoms in total. The average molecular weight is 470 g/mol. The largest absolute Gasteiger partial charge is 0.482 e. The van der Waals surface area contributed by atoms with Gasteiger partial charge in [0.25, 0.3) is 15.9 Å². The standard InChI is InChI=1S/C19H23N3O7S2/c1-3-10-20-19(25)21-16(23)12-29-17(24)13-28-15-8-6-14(7-9-15)22(2)31(26,27)18-5-4-11-30-18/h4-9,11H,3,10,12-13H2,1-2H3,(H2,20,21,23,25). The number of anilines is 1. The molecule has 0 saturated carbocycles. The van der Waals surface area contributed by atoms with E-state index < -0.39 is 41.1 Å². The Hall–Kier alpha value is -3.12. The fourth-order valence-electron chi connectivity index (χ4n) is 2.21. The molecule has 2 N–H and O–H groups in total. The maximum absolute atomic E-state index is 12.5. The number of benzene rings is 1. The van der Waals surface area contributed by atoms with Gasteiger partial charge in [-0.05, 0) is 42.1 Å². The van der Waals surface area contributed by atoms with Crippen molar-refractivity contribution in [1.29, 1.82) is 0 Å². The zero-order valence-electron chi connectivity index (χ0n) is 17.0. The smallest absolute Gasteiger partial charge is 0.344 e. The average Bonchev–Trinajstić information content (AvgIpc) is 3.30. The molecule has 0 aliphatic carbocycles. The Bertz CT molecular complexity index is 990. The highest BCUT2D eigenvalue weighted by Crippen LogP contribution is 2.26. The minimum Gasteiger partial charge on any atom is -0.482 e. The Morgan fingerprint density at radius 3 is 2.42 bits per heavy atom. The summed E-state index contributed by atoms with van der Waals surface area (Å²) in [5, 5.41) is 6.16. The molecule has 0 aliphatic heterocycles. The van der Waals surface area contributed by atoms with Gasteiger partial charge in [0, 0.05) is 13.6 Å². The first-order valence-electron chi connectivity index (χ1n) is 9.22. The highest BCUT2D eigenvalue weighted by atomic mass is 32.2. The van der Waals surface area contributed by atoms with Gasteiger partial charge in [0.2, 0.25) is 0 Å². The van der Waals surface area contributed by atoms with Crippen LogP contribution in [-0.4, -0.2) is 53.1 Å². The molecule has 0 atom stereocenters. The molecule has 0 aliphatic rings. The van der Waals surface area contributed by atoms with E-state index in [0.717, 1.165) is 22.1 Å². The van der Waals surface area contributed by atoms with E-state index in [-0.39, 0.29) is 4.21 Å². The first-order valence-corrected chi connectivity index (χ1v) is 11.5. The van der Waals surface area contributed by atoms with Gasteiger partial charge in [-0.15, -0.1) is 11.3 Å². The topological polar surface area (TPSA) is 131 Å². The van der Waals surface area contributed by atoms with Gasteiger partial charge in [-0.3, -0.25) is 14.4 Å². The highest BCUT2D eigenvalue weighted by molar-refractivity contribution is 7.94. The predicted molar refractivity (Wildman–Crippen MR) is 115 cm³/mol. The van der Waals surface area contributed by atoms with Gasteiger partial charge in [0.1, 0.15) is 9.96 Å². The second-order valence-corrected chi connectivity index (χ2v) is 9.30. The quantitative estimate of drug-likeness (QED) is 0.507. The first-order chi connectivity index (χ1) is 14.7. The summed E-state index contributed by atoms with van der Waals surface area (Å²) >= 11 is 1.12. The summed E-state index contributed by atoms with van der Waals surface area (Å²) < 4.78 is 36.4. The number of imide groups is 1. The molecule has 1 aromatic heterocycles. The third-order valence-electron chi connectivity index (χ3n) is 3.82. The lowest BCUT2D eigenvalue weighted by Crippen LogP contribution is -2.41. The van der Waals surface area contributed by atoms with Crippen LogP contribution in [0.5, 0.6) is 5.75 Å². The van der Waals surface area contributed by atoms with Gasteiger partial charge < -0.3 is 14.8 Å². The van der Waals surface area contributed by atoms with Crippen molar-refractivity contribution in [3.05, 3.63) is 41.8 Å². The Balaban J connectivity index is 1.79. The maximum Gasteiger partial charge on any atom is 0.344 e. The van der Waals surface area contributed by atoms with Crippen molar-refractivity contribution in [2.45, 2.75) is 17.6 Å². The molecule has 12 heteroatoms. The number of carbonyl (C=O) groups is 3. The summed E-state index contributed by atoms with van der Waals surface area (Å²) in [6.07, 6.45) is 0.718. The second kappa shape index (κ2) is 11.3. The lowest BCUT2D eigenvalue weighted by atomic mass is 10.3. The second-order valence-electron chi connectivity index (χ2n) is 6.15. The zero-order valence-corrected chi connectivity index (χ0v) is 18.6. The monoisotopic (exact) mass is 469 g/mol. The van der Waals surface area contributed by atoms with Crippen molar-refractivity contribution in [1.82, 2.24) is 10.6 Å². The number of rotatable bonds is 10. The molecule has 0 radical (unpaired) electrons. The summed E-state index contributed by atoms with van der Waals surface area (Å²) in [6.45, 7) is 1.20. The molecule has 0 fully saturated rings. The number of urea groups is 1. The Labute approximate surface area is 184 Å². The Morgan fingerprint density at radius 1 is 1.10 bits per heavy atom. The van der Waals surface area contributed by atoms with E-state index in [0.29, 0.717) is 18.0 Å². The van der Waals surface area contributed by atoms with E-state index in [9.17, 15) is 22.8 Å². The Morgan fingerprint density at radius 2 is 1.81 bits per heavy atom. The molecule has 0 spiro atoms. The van der Waals surface area contributed by atoms with E-state index in [2.05, 4.69) is 5.32 Å². The molecule has 0 saturated heterocycles. The summed E-state index contributed by atoms with van der Waals surface area (Å²) in [7, 11) is -2.21. The number of nitrogens with zero attached hydrogens (tertiary/aromatic N) is 1. The van der Waals surface area contributed by atoms with Crippen molar-refractivity contribution in [3.63, 3.8) is 0 Å². The molecule has 0 unspecified atom stereocenters. The number of esters is 1. The fourth-order valence-corrected chi connectivity index (χ4v) is 4.57. The number of carbonyl (C=O) groups excluding carboxylic acids is 3. The van der Waals surface area contributed by atoms with Crippen molar-refractivity contribution in [3.8, 4) is 5.75 Å². The first kappa shape index (κ1) is 24.2. The summed E-state index contributed by atoms with van der Waals surface area (Å²) in [4.78, 5) is 34.5. The number of amides is 3. The van der Waals surface area contributed by atoms with E-state index in [1.54, 1.807) is 11.4 Å². The summed E-state index contributed by atoms with van der Waals surface area (Å²) in [5.74, 6) is -1.25. The lowest BCUT2D eigenvalue weighted by molar-refractivity contribution is -0.150. The number of hydrogen-bond donors (Lipinski definition) is 2. The SMILES string of the molecule is CCCNC(=O)NC(=O)COC(=O)COc1ccc(N(C)S(=O)(=O)c2cccs2)cc1. The number of ether oxygens (including phenoxy) is 2. The minimum absolute atomic E-state index is 0.227. The molecular weight excluding hydrogens is 446 g/mol. The molecule has 2 aromatic rings. The third kappa shape index (κ3) is 7.26. The predicted octanol–water partition coefficient (Wildman–Crippen LogP) is 1.73. The van der Waals surface area contributed by atoms with Gasteiger partial charge in [-0.2, -0.15) is 0 Å². The molecule has 168 valence electrons. The molecule has 2 rings (SSSR count). The highest BCUT2D eigenvalue weighted by Gasteiger charge is 2.22. The van der Waals surface area contributed by atoms with E-state index in [1.807, 2.05) is 12.2 Å². The molecule has 0 bridgehead atoms. The molecule has 3 amide bonds. The van der Waals surface area contributed by atoms with E-state index in [4.69, 9.17) is 9.47 Å². The number of sulfonamides is 1. The van der Waals surface area contributed by atoms with Gasteiger partial charge in [0.15, 0.2) is 13.2 Å². The molecule has 1 aromatic carbocycles. The lowest BCUT2D eigenvalue weighted by Gasteiger charge is -2.18. The molecule has 1 heterocycles. The van der Waals surface area contributed by atoms with Crippen LogP contribution < -0.4 is 19.7 Å². The van der Waals surface area contributed by atoms with Crippen LogP contribution in [0.2, 0.25) is 0 Å². The van der Waals surface area contributed by atoms with Gasteiger partial charge >= 0.3 is 12.0 Å². The summed E-state index contributed by atoms with van der Waals surface area (Å²) in [6, 6.07) is 8.61. The minimum atomic E-state index is -3.65. The van der Waals surface area contributed by atoms with E-state index in [1.165, 1.54) is 37.4 Å². The van der Waals surface area contributed by atoms with Crippen molar-refractivity contribution in [2.75, 3.05) is 31.1 Å². The van der Waals surface area contributed by atoms with Crippen LogP contribution in [0.25, 0.3) is 0 Å². The van der Waals surface area contributed by atoms with Gasteiger partial charge in [0.05, 0.1) is 5.69 Å². The number of hydrogen-bond acceptors (Lipinski definition) is 8. The van der Waals surface area contributed by atoms with Crippen molar-refractivity contribution < 1.29 is 32.3 Å². The van der Waals surface area contributed by atoms with Gasteiger partial charge in [-0.1, -0.05) is 13.0 Å². The van der Waals surface area contributed by atoms with Crippen LogP contribution in [0.15, 0.2) is 46.0 Å². The van der Waals surface area contributed by atoms with Crippen LogP contribution >= 0.6 is 11.3 Å². The van der Waals surface area contributed by atoms with Crippen LogP contribution in [0, 0.1) is 0 Å². The third-order valence-corrected chi connectivity index (χ3v) is 6.98. The van der Waals surface area contributed by atoms with Crippen molar-refractivity contribution in [2.24, 2.45) is 0 Å². The zero-order chi connectivity index (χ0) is 22.9. The van der Waals surface area contributed by atoms with Gasteiger partial charge in [-0.25, -0.2) is 18.0 Å². The van der Waals surface area contributed by atoms with Crippen LogP contribution in [0.4, 0.5) is 10.5 Å². The number of nitrogens with one attached hydrogen (secondary N) is 2. The van der Waals surface area contributed by atoms with Crippen LogP contribution in [0.3, 0.4) is 0 Å². The van der Waals surface area contributed by atoms with Crippen LogP contribution in [-0.2, 0) is 24.3 Å². The van der Waals surface area contributed by atoms with Crippen molar-refractivity contribution >= 4 is 45.0 Å².